The van der Waals surface area contributed by atoms with Crippen LogP contribution in [-0.2, 0) is 28.6 Å². The van der Waals surface area contributed by atoms with E-state index in [1.165, 1.54) is 44.9 Å². The Morgan fingerprint density at radius 3 is 1.28 bits per heavy atom. The van der Waals surface area contributed by atoms with Crippen molar-refractivity contribution in [1.82, 2.24) is 0 Å². The van der Waals surface area contributed by atoms with Gasteiger partial charge in [0.2, 0.25) is 0 Å². The van der Waals surface area contributed by atoms with E-state index < -0.39 is 18.1 Å². The fourth-order valence-corrected chi connectivity index (χ4v) is 6.63. The van der Waals surface area contributed by atoms with Crippen LogP contribution >= 0.6 is 0 Å². The summed E-state index contributed by atoms with van der Waals surface area (Å²) in [5.41, 5.74) is 0. The summed E-state index contributed by atoms with van der Waals surface area (Å²) in [7, 11) is 5.52. The van der Waals surface area contributed by atoms with Crippen molar-refractivity contribution in [2.24, 2.45) is 0 Å². The summed E-state index contributed by atoms with van der Waals surface area (Å²) < 4.78 is 17.3. The van der Waals surface area contributed by atoms with E-state index in [1.54, 1.807) is 0 Å². The Hall–Kier alpha value is -3.49. The summed E-state index contributed by atoms with van der Waals surface area (Å²) in [6.07, 6.45) is 56.3. The summed E-state index contributed by atoms with van der Waals surface area (Å²) >= 11 is 0. The van der Waals surface area contributed by atoms with Crippen LogP contribution in [0.4, 0.5) is 0 Å². The molecule has 0 bridgehead atoms. The minimum Gasteiger partial charge on any atom is -0.477 e. The first kappa shape index (κ1) is 57.5. The van der Waals surface area contributed by atoms with E-state index in [0.717, 1.165) is 103 Å². The highest BCUT2D eigenvalue weighted by Gasteiger charge is 2.31. The third kappa shape index (κ3) is 41.6. The molecule has 0 amide bonds. The Morgan fingerprint density at radius 2 is 0.869 bits per heavy atom. The Morgan fingerprint density at radius 1 is 0.492 bits per heavy atom. The van der Waals surface area contributed by atoms with Crippen LogP contribution in [0.5, 0.6) is 0 Å². The van der Waals surface area contributed by atoms with Crippen molar-refractivity contribution >= 4 is 17.9 Å². The largest absolute Gasteiger partial charge is 0.477 e. The molecular formula is C53H90NO7+. The first-order chi connectivity index (χ1) is 29.6. The summed E-state index contributed by atoms with van der Waals surface area (Å²) in [5, 5.41) is 9.64. The second kappa shape index (κ2) is 43.2. The molecule has 61 heavy (non-hydrogen) atoms. The molecule has 0 rings (SSSR count). The van der Waals surface area contributed by atoms with Crippen LogP contribution in [0.15, 0.2) is 85.1 Å². The van der Waals surface area contributed by atoms with E-state index in [2.05, 4.69) is 98.9 Å². The van der Waals surface area contributed by atoms with Gasteiger partial charge >= 0.3 is 17.9 Å². The van der Waals surface area contributed by atoms with Crippen molar-refractivity contribution in [2.75, 3.05) is 41.0 Å². The average molecular weight is 853 g/mol. The number of esters is 2. The molecule has 0 aliphatic rings. The van der Waals surface area contributed by atoms with Crippen LogP contribution in [0.25, 0.3) is 0 Å². The summed E-state index contributed by atoms with van der Waals surface area (Å²) in [6.45, 7) is 4.49. The average Bonchev–Trinajstić information content (AvgIpc) is 3.22. The Balaban J connectivity index is 4.31. The van der Waals surface area contributed by atoms with E-state index in [-0.39, 0.29) is 36.2 Å². The van der Waals surface area contributed by atoms with Crippen LogP contribution in [0.1, 0.15) is 181 Å². The number of rotatable bonds is 42. The number of ether oxygens (including phenoxy) is 3. The van der Waals surface area contributed by atoms with Crippen molar-refractivity contribution < 1.29 is 38.2 Å². The Kier molecular flexibility index (Phi) is 40.7. The van der Waals surface area contributed by atoms with Crippen molar-refractivity contribution in [3.05, 3.63) is 85.1 Å². The highest BCUT2D eigenvalue weighted by atomic mass is 16.6. The first-order valence-corrected chi connectivity index (χ1v) is 24.1. The molecule has 0 aromatic carbocycles. The molecule has 0 spiro atoms. The van der Waals surface area contributed by atoms with Gasteiger partial charge in [-0.05, 0) is 83.5 Å². The molecule has 2 atom stereocenters. The highest BCUT2D eigenvalue weighted by molar-refractivity contribution is 5.72. The molecule has 0 aliphatic carbocycles. The molecule has 0 aliphatic heterocycles. The fraction of sp³-hybridized carbons (Fsp3) is 0.679. The molecule has 0 radical (unpaired) electrons. The van der Waals surface area contributed by atoms with E-state index in [9.17, 15) is 19.5 Å². The van der Waals surface area contributed by atoms with Gasteiger partial charge in [0.1, 0.15) is 6.61 Å². The first-order valence-electron chi connectivity index (χ1n) is 24.1. The van der Waals surface area contributed by atoms with E-state index in [0.29, 0.717) is 19.3 Å². The summed E-state index contributed by atoms with van der Waals surface area (Å²) in [5.74, 6) is -1.50. The lowest BCUT2D eigenvalue weighted by Crippen LogP contribution is -2.50. The van der Waals surface area contributed by atoms with Gasteiger partial charge in [-0.3, -0.25) is 9.59 Å². The maximum absolute atomic E-state index is 12.8. The topological polar surface area (TPSA) is 99.1 Å². The number of carboxylic acids is 1. The molecule has 2 unspecified atom stereocenters. The SMILES string of the molecule is CC/C=C/C/C=C/C/C=C/C/C=C/C/C=C/CCCCCCCCCC(=O)OC(COCCC(C(=O)O)[N+](C)(C)C)COC(=O)CCCCCCCCC/C=C/C/C=C/CC. The number of allylic oxidation sites excluding steroid dienone is 14. The van der Waals surface area contributed by atoms with E-state index in [4.69, 9.17) is 14.2 Å². The maximum atomic E-state index is 12.8. The molecule has 0 heterocycles. The van der Waals surface area contributed by atoms with Crippen LogP contribution in [-0.4, -0.2) is 80.6 Å². The number of hydrogen-bond acceptors (Lipinski definition) is 6. The molecule has 0 saturated carbocycles. The van der Waals surface area contributed by atoms with Crippen molar-refractivity contribution in [3.8, 4) is 0 Å². The third-order valence-corrected chi connectivity index (χ3v) is 10.3. The zero-order valence-corrected chi connectivity index (χ0v) is 39.6. The van der Waals surface area contributed by atoms with Crippen LogP contribution in [0.2, 0.25) is 0 Å². The molecule has 8 nitrogen and oxygen atoms in total. The number of quaternary nitrogens is 1. The molecular weight excluding hydrogens is 763 g/mol. The Labute approximate surface area is 373 Å². The quantitative estimate of drug-likeness (QED) is 0.0283. The second-order valence-corrected chi connectivity index (χ2v) is 17.0. The van der Waals surface area contributed by atoms with Crippen molar-refractivity contribution in [1.29, 1.82) is 0 Å². The van der Waals surface area contributed by atoms with E-state index in [1.807, 2.05) is 21.1 Å². The second-order valence-electron chi connectivity index (χ2n) is 17.0. The van der Waals surface area contributed by atoms with Gasteiger partial charge in [-0.2, -0.15) is 0 Å². The monoisotopic (exact) mass is 853 g/mol. The fourth-order valence-electron chi connectivity index (χ4n) is 6.63. The zero-order chi connectivity index (χ0) is 44.9. The molecule has 8 heteroatoms. The van der Waals surface area contributed by atoms with Crippen molar-refractivity contribution in [3.63, 3.8) is 0 Å². The molecule has 1 N–H and O–H groups in total. The summed E-state index contributed by atoms with van der Waals surface area (Å²) in [6, 6.07) is -0.622. The van der Waals surface area contributed by atoms with Crippen molar-refractivity contribution in [2.45, 2.75) is 193 Å². The number of carboxylic acid groups (broad SMARTS) is 1. The smallest absolute Gasteiger partial charge is 0.362 e. The lowest BCUT2D eigenvalue weighted by atomic mass is 10.1. The predicted molar refractivity (Wildman–Crippen MR) is 256 cm³/mol. The number of carbonyl (C=O) groups is 3. The number of aliphatic carboxylic acids is 1. The van der Waals surface area contributed by atoms with Crippen LogP contribution < -0.4 is 0 Å². The van der Waals surface area contributed by atoms with Gasteiger partial charge in [0.05, 0.1) is 34.4 Å². The zero-order valence-electron chi connectivity index (χ0n) is 39.6. The number of nitrogens with zero attached hydrogens (tertiary/aromatic N) is 1. The number of likely N-dealkylation sites (N-methyl/N-ethyl adjacent to an activating group) is 1. The molecule has 0 aromatic heterocycles. The third-order valence-electron chi connectivity index (χ3n) is 10.3. The molecule has 348 valence electrons. The van der Waals surface area contributed by atoms with E-state index >= 15 is 0 Å². The van der Waals surface area contributed by atoms with Gasteiger partial charge in [-0.15, -0.1) is 0 Å². The maximum Gasteiger partial charge on any atom is 0.362 e. The lowest BCUT2D eigenvalue weighted by molar-refractivity contribution is -0.887. The predicted octanol–water partition coefficient (Wildman–Crippen LogP) is 13.7. The summed E-state index contributed by atoms with van der Waals surface area (Å²) in [4.78, 5) is 37.1. The normalized spacial score (nSPS) is 13.7. The van der Waals surface area contributed by atoms with Gasteiger partial charge in [-0.25, -0.2) is 4.79 Å². The van der Waals surface area contributed by atoms with Gasteiger partial charge in [-0.1, -0.05) is 163 Å². The van der Waals surface area contributed by atoms with Gasteiger partial charge in [0, 0.05) is 19.3 Å². The lowest BCUT2D eigenvalue weighted by Gasteiger charge is -2.31. The number of hydrogen-bond donors (Lipinski definition) is 1. The minimum absolute atomic E-state index is 0.0494. The molecule has 0 fully saturated rings. The molecule has 0 saturated heterocycles. The minimum atomic E-state index is -0.881. The Bertz CT molecular complexity index is 1270. The van der Waals surface area contributed by atoms with Crippen LogP contribution in [0.3, 0.4) is 0 Å². The molecule has 0 aromatic rings. The van der Waals surface area contributed by atoms with Gasteiger partial charge < -0.3 is 23.8 Å². The number of unbranched alkanes of at least 4 members (excludes halogenated alkanes) is 14. The standard InChI is InChI=1S/C53H89NO7/c1-6-8-10-12-14-16-18-20-22-23-24-25-26-27-28-29-30-32-34-36-38-40-42-44-52(56)61-49(47-59-46-45-50(53(57)58)54(3,4)5)48-60-51(55)43-41-39-37-35-33-31-21-19-17-15-13-11-9-7-2/h8-11,14-17,20,22,24-25,27-28,49-50H,6-7,12-13,18-19,21,23,26,29-48H2,1-5H3/p+1/b10-8+,11-9+,16-14+,17-15+,22-20+,25-24+,28-27+. The van der Waals surface area contributed by atoms with Gasteiger partial charge in [0.15, 0.2) is 12.1 Å². The van der Waals surface area contributed by atoms with Gasteiger partial charge in [0.25, 0.3) is 0 Å². The number of carbonyl (C=O) groups excluding carboxylic acids is 2. The highest BCUT2D eigenvalue weighted by Crippen LogP contribution is 2.14. The van der Waals surface area contributed by atoms with Crippen LogP contribution in [0, 0.1) is 0 Å².